The summed E-state index contributed by atoms with van der Waals surface area (Å²) in [5.74, 6) is -0.131. The number of para-hydroxylation sites is 1. The molecule has 2 aromatic carbocycles. The molecule has 0 bridgehead atoms. The standard InChI is InChI=1S/C26H26N2O4/c1-18(20-13-12-19-7-2-3-8-21(19)15-20)28-25(29)17-31-26(30)23-10-4-5-11-24(23)32-22-9-6-14-27-16-22/h4-6,9-16,18H,2-3,7-8,17H2,1H3,(H,28,29). The van der Waals surface area contributed by atoms with Gasteiger partial charge in [0, 0.05) is 6.20 Å². The molecule has 1 unspecified atom stereocenters. The van der Waals surface area contributed by atoms with Gasteiger partial charge >= 0.3 is 5.97 Å². The highest BCUT2D eigenvalue weighted by molar-refractivity contribution is 5.94. The highest BCUT2D eigenvalue weighted by Gasteiger charge is 2.18. The van der Waals surface area contributed by atoms with Crippen molar-refractivity contribution in [1.29, 1.82) is 0 Å². The number of benzene rings is 2. The SMILES string of the molecule is CC(NC(=O)COC(=O)c1ccccc1Oc1cccnc1)c1ccc2c(c1)CCCC2. The van der Waals surface area contributed by atoms with Crippen LogP contribution in [0.4, 0.5) is 0 Å². The number of carbonyl (C=O) groups excluding carboxylic acids is 2. The largest absolute Gasteiger partial charge is 0.455 e. The Morgan fingerprint density at radius 3 is 2.66 bits per heavy atom. The number of rotatable bonds is 7. The molecule has 6 heteroatoms. The molecule has 1 aliphatic rings. The number of nitrogens with one attached hydrogen (secondary N) is 1. The lowest BCUT2D eigenvalue weighted by atomic mass is 9.89. The van der Waals surface area contributed by atoms with Gasteiger partial charge in [-0.2, -0.15) is 0 Å². The van der Waals surface area contributed by atoms with Crippen LogP contribution < -0.4 is 10.1 Å². The van der Waals surface area contributed by atoms with Crippen LogP contribution in [0.3, 0.4) is 0 Å². The minimum Gasteiger partial charge on any atom is -0.455 e. The van der Waals surface area contributed by atoms with Gasteiger partial charge in [0.25, 0.3) is 5.91 Å². The van der Waals surface area contributed by atoms with Gasteiger partial charge in [-0.25, -0.2) is 4.79 Å². The zero-order valence-corrected chi connectivity index (χ0v) is 18.0. The molecule has 0 saturated carbocycles. The molecule has 1 aliphatic carbocycles. The summed E-state index contributed by atoms with van der Waals surface area (Å²) in [5, 5.41) is 2.91. The van der Waals surface area contributed by atoms with Gasteiger partial charge in [0.2, 0.25) is 0 Å². The fourth-order valence-electron chi connectivity index (χ4n) is 3.86. The van der Waals surface area contributed by atoms with E-state index in [1.807, 2.05) is 6.92 Å². The summed E-state index contributed by atoms with van der Waals surface area (Å²) < 4.78 is 11.0. The van der Waals surface area contributed by atoms with Crippen LogP contribution >= 0.6 is 0 Å². The molecule has 1 aromatic heterocycles. The number of hydrogen-bond donors (Lipinski definition) is 1. The predicted molar refractivity (Wildman–Crippen MR) is 121 cm³/mol. The maximum atomic E-state index is 12.6. The van der Waals surface area contributed by atoms with E-state index >= 15 is 0 Å². The van der Waals surface area contributed by atoms with Gasteiger partial charge in [-0.05, 0) is 73.6 Å². The van der Waals surface area contributed by atoms with E-state index in [4.69, 9.17) is 9.47 Å². The normalized spacial score (nSPS) is 13.5. The van der Waals surface area contributed by atoms with E-state index in [9.17, 15) is 9.59 Å². The van der Waals surface area contributed by atoms with E-state index in [0.717, 1.165) is 18.4 Å². The van der Waals surface area contributed by atoms with Crippen LogP contribution in [0.5, 0.6) is 11.5 Å². The Morgan fingerprint density at radius 2 is 1.84 bits per heavy atom. The van der Waals surface area contributed by atoms with Crippen molar-refractivity contribution in [2.24, 2.45) is 0 Å². The van der Waals surface area contributed by atoms with E-state index in [2.05, 4.69) is 28.5 Å². The first-order valence-corrected chi connectivity index (χ1v) is 10.9. The Balaban J connectivity index is 1.34. The highest BCUT2D eigenvalue weighted by atomic mass is 16.5. The number of hydrogen-bond acceptors (Lipinski definition) is 5. The Morgan fingerprint density at radius 1 is 1.03 bits per heavy atom. The molecule has 1 atom stereocenters. The maximum Gasteiger partial charge on any atom is 0.342 e. The van der Waals surface area contributed by atoms with Gasteiger partial charge in [-0.3, -0.25) is 9.78 Å². The van der Waals surface area contributed by atoms with Crippen molar-refractivity contribution in [2.45, 2.75) is 38.6 Å². The molecule has 0 fully saturated rings. The monoisotopic (exact) mass is 430 g/mol. The number of esters is 1. The van der Waals surface area contributed by atoms with Crippen LogP contribution in [-0.2, 0) is 22.4 Å². The number of fused-ring (bicyclic) bond motifs is 1. The first-order valence-electron chi connectivity index (χ1n) is 10.9. The molecule has 6 nitrogen and oxygen atoms in total. The smallest absolute Gasteiger partial charge is 0.342 e. The fraction of sp³-hybridized carbons (Fsp3) is 0.269. The Labute approximate surface area is 187 Å². The number of amides is 1. The Kier molecular flexibility index (Phi) is 6.80. The van der Waals surface area contributed by atoms with E-state index in [0.29, 0.717) is 11.5 Å². The number of aromatic nitrogens is 1. The second kappa shape index (κ2) is 10.1. The van der Waals surface area contributed by atoms with Crippen LogP contribution in [0.25, 0.3) is 0 Å². The molecule has 1 amide bonds. The first-order chi connectivity index (χ1) is 15.6. The molecule has 0 radical (unpaired) electrons. The summed E-state index contributed by atoms with van der Waals surface area (Å²) in [6, 6.07) is 16.4. The minimum atomic E-state index is -0.624. The molecule has 1 N–H and O–H groups in total. The van der Waals surface area contributed by atoms with Gasteiger partial charge in [-0.15, -0.1) is 0 Å². The van der Waals surface area contributed by atoms with Crippen molar-refractivity contribution in [3.63, 3.8) is 0 Å². The van der Waals surface area contributed by atoms with Crippen LogP contribution in [0.2, 0.25) is 0 Å². The zero-order valence-electron chi connectivity index (χ0n) is 18.0. The average Bonchev–Trinajstić information content (AvgIpc) is 2.83. The maximum absolute atomic E-state index is 12.6. The highest BCUT2D eigenvalue weighted by Crippen LogP contribution is 2.26. The number of pyridine rings is 1. The van der Waals surface area contributed by atoms with Gasteiger partial charge in [-0.1, -0.05) is 30.3 Å². The summed E-state index contributed by atoms with van der Waals surface area (Å²) in [4.78, 5) is 29.0. The van der Waals surface area contributed by atoms with Crippen LogP contribution in [0, 0.1) is 0 Å². The molecule has 4 rings (SSSR count). The van der Waals surface area contributed by atoms with E-state index in [1.165, 1.54) is 24.0 Å². The third-order valence-corrected chi connectivity index (χ3v) is 5.55. The van der Waals surface area contributed by atoms with Crippen LogP contribution in [0.15, 0.2) is 67.0 Å². The topological polar surface area (TPSA) is 77.5 Å². The van der Waals surface area contributed by atoms with Crippen LogP contribution in [-0.4, -0.2) is 23.5 Å². The lowest BCUT2D eigenvalue weighted by Crippen LogP contribution is -2.31. The summed E-state index contributed by atoms with van der Waals surface area (Å²) >= 11 is 0. The van der Waals surface area contributed by atoms with Gasteiger partial charge in [0.05, 0.1) is 12.2 Å². The first kappa shape index (κ1) is 21.6. The predicted octanol–water partition coefficient (Wildman–Crippen LogP) is 4.79. The summed E-state index contributed by atoms with van der Waals surface area (Å²) in [6.07, 6.45) is 7.84. The van der Waals surface area contributed by atoms with Gasteiger partial charge < -0.3 is 14.8 Å². The average molecular weight is 431 g/mol. The quantitative estimate of drug-likeness (QED) is 0.546. The second-order valence-corrected chi connectivity index (χ2v) is 7.89. The van der Waals surface area contributed by atoms with Gasteiger partial charge in [0.15, 0.2) is 6.61 Å². The number of ether oxygens (including phenoxy) is 2. The van der Waals surface area contributed by atoms with Gasteiger partial charge in [0.1, 0.15) is 17.1 Å². The summed E-state index contributed by atoms with van der Waals surface area (Å²) in [7, 11) is 0. The van der Waals surface area contributed by atoms with Crippen molar-refractivity contribution in [3.05, 3.63) is 89.2 Å². The lowest BCUT2D eigenvalue weighted by molar-refractivity contribution is -0.124. The molecule has 0 spiro atoms. The summed E-state index contributed by atoms with van der Waals surface area (Å²) in [6.45, 7) is 1.57. The van der Waals surface area contributed by atoms with Crippen molar-refractivity contribution in [1.82, 2.24) is 10.3 Å². The van der Waals surface area contributed by atoms with E-state index in [1.54, 1.807) is 48.8 Å². The Bertz CT molecular complexity index is 1100. The number of nitrogens with zero attached hydrogens (tertiary/aromatic N) is 1. The van der Waals surface area contributed by atoms with Crippen molar-refractivity contribution in [3.8, 4) is 11.5 Å². The molecule has 164 valence electrons. The lowest BCUT2D eigenvalue weighted by Gasteiger charge is -2.20. The molecule has 32 heavy (non-hydrogen) atoms. The molecular weight excluding hydrogens is 404 g/mol. The van der Waals surface area contributed by atoms with E-state index in [-0.39, 0.29) is 24.1 Å². The zero-order chi connectivity index (χ0) is 22.3. The van der Waals surface area contributed by atoms with E-state index < -0.39 is 5.97 Å². The third kappa shape index (κ3) is 5.32. The van der Waals surface area contributed by atoms with Crippen molar-refractivity contribution < 1.29 is 19.1 Å². The number of aryl methyl sites for hydroxylation is 2. The fourth-order valence-corrected chi connectivity index (χ4v) is 3.86. The van der Waals surface area contributed by atoms with Crippen molar-refractivity contribution >= 4 is 11.9 Å². The molecular formula is C26H26N2O4. The van der Waals surface area contributed by atoms with Crippen molar-refractivity contribution in [2.75, 3.05) is 6.61 Å². The molecule has 3 aromatic rings. The molecule has 0 saturated heterocycles. The Hall–Kier alpha value is -3.67. The third-order valence-electron chi connectivity index (χ3n) is 5.55. The minimum absolute atomic E-state index is 0.172. The second-order valence-electron chi connectivity index (χ2n) is 7.89. The summed E-state index contributed by atoms with van der Waals surface area (Å²) in [5.41, 5.74) is 4.07. The molecule has 1 heterocycles. The number of carbonyl (C=O) groups is 2. The molecule has 0 aliphatic heterocycles. The van der Waals surface area contributed by atoms with Crippen LogP contribution in [0.1, 0.15) is 52.9 Å².